The normalized spacial score (nSPS) is 11.1. The molecule has 16 heavy (non-hydrogen) atoms. The smallest absolute Gasteiger partial charge is 0.216 e. The third-order valence-electron chi connectivity index (χ3n) is 2.49. The number of fused-ring (bicyclic) bond motifs is 1. The Labute approximate surface area is 96.4 Å². The van der Waals surface area contributed by atoms with Crippen LogP contribution in [0.5, 0.6) is 0 Å². The second-order valence-electron chi connectivity index (χ2n) is 3.61. The first-order valence-electron chi connectivity index (χ1n) is 4.91. The molecule has 0 unspecified atom stereocenters. The lowest BCUT2D eigenvalue weighted by molar-refractivity contribution is 1.01. The Balaban J connectivity index is 2.29. The summed E-state index contributed by atoms with van der Waals surface area (Å²) in [7, 11) is 0. The average Bonchev–Trinajstić information content (AvgIpc) is 2.82. The van der Waals surface area contributed by atoms with Crippen LogP contribution in [0, 0.1) is 6.92 Å². The van der Waals surface area contributed by atoms with Crippen molar-refractivity contribution in [1.82, 2.24) is 14.6 Å². The van der Waals surface area contributed by atoms with Crippen LogP contribution >= 0.6 is 11.3 Å². The zero-order chi connectivity index (χ0) is 11.1. The number of rotatable bonds is 1. The summed E-state index contributed by atoms with van der Waals surface area (Å²) < 4.78 is 2.04. The molecular weight excluding hydrogens is 220 g/mol. The van der Waals surface area contributed by atoms with Crippen LogP contribution in [0.2, 0.25) is 0 Å². The van der Waals surface area contributed by atoms with Crippen molar-refractivity contribution in [3.63, 3.8) is 0 Å². The molecule has 0 aliphatic heterocycles. The van der Waals surface area contributed by atoms with E-state index >= 15 is 0 Å². The van der Waals surface area contributed by atoms with Gasteiger partial charge in [0.1, 0.15) is 5.82 Å². The van der Waals surface area contributed by atoms with Gasteiger partial charge >= 0.3 is 0 Å². The van der Waals surface area contributed by atoms with Crippen molar-refractivity contribution in [2.24, 2.45) is 0 Å². The topological polar surface area (TPSA) is 56.2 Å². The molecule has 2 N–H and O–H groups in total. The molecule has 0 fully saturated rings. The quantitative estimate of drug-likeness (QED) is 0.653. The van der Waals surface area contributed by atoms with E-state index in [0.717, 1.165) is 27.7 Å². The highest BCUT2D eigenvalue weighted by Gasteiger charge is 2.10. The molecule has 1 aromatic carbocycles. The van der Waals surface area contributed by atoms with Gasteiger partial charge in [0, 0.05) is 16.6 Å². The van der Waals surface area contributed by atoms with Crippen molar-refractivity contribution in [2.75, 3.05) is 5.73 Å². The molecule has 0 spiro atoms. The summed E-state index contributed by atoms with van der Waals surface area (Å²) in [5.74, 6) is 0.897. The molecule has 0 amide bonds. The summed E-state index contributed by atoms with van der Waals surface area (Å²) in [5, 5.41) is 10.2. The summed E-state index contributed by atoms with van der Waals surface area (Å²) >= 11 is 1.58. The molecule has 0 bridgehead atoms. The second-order valence-corrected chi connectivity index (χ2v) is 4.45. The minimum atomic E-state index is 0.766. The molecule has 0 radical (unpaired) electrons. The maximum absolute atomic E-state index is 5.79. The summed E-state index contributed by atoms with van der Waals surface area (Å²) in [6, 6.07) is 7.83. The van der Waals surface area contributed by atoms with Crippen LogP contribution in [0.3, 0.4) is 0 Å². The molecule has 5 heteroatoms. The van der Waals surface area contributed by atoms with Gasteiger partial charge in [0.2, 0.25) is 4.96 Å². The Morgan fingerprint density at radius 3 is 3.00 bits per heavy atom. The SMILES string of the molecule is Cc1nnc2scc(-c3cccc(N)c3)n12. The number of aryl methyl sites for hydroxylation is 1. The Bertz CT molecular complexity index is 653. The van der Waals surface area contributed by atoms with Crippen LogP contribution in [0.25, 0.3) is 16.2 Å². The molecule has 3 aromatic rings. The Morgan fingerprint density at radius 1 is 1.31 bits per heavy atom. The van der Waals surface area contributed by atoms with Gasteiger partial charge in [0.15, 0.2) is 0 Å². The second kappa shape index (κ2) is 3.31. The van der Waals surface area contributed by atoms with Crippen molar-refractivity contribution in [2.45, 2.75) is 6.92 Å². The number of hydrogen-bond acceptors (Lipinski definition) is 4. The van der Waals surface area contributed by atoms with Crippen molar-refractivity contribution < 1.29 is 0 Å². The fourth-order valence-electron chi connectivity index (χ4n) is 1.75. The van der Waals surface area contributed by atoms with E-state index in [-0.39, 0.29) is 0 Å². The largest absolute Gasteiger partial charge is 0.399 e. The monoisotopic (exact) mass is 230 g/mol. The van der Waals surface area contributed by atoms with Gasteiger partial charge < -0.3 is 5.73 Å². The maximum atomic E-state index is 5.79. The lowest BCUT2D eigenvalue weighted by Crippen LogP contribution is -1.90. The zero-order valence-electron chi connectivity index (χ0n) is 8.71. The molecular formula is C11H10N4S. The van der Waals surface area contributed by atoms with Gasteiger partial charge in [-0.15, -0.1) is 21.5 Å². The summed E-state index contributed by atoms with van der Waals surface area (Å²) in [6.07, 6.45) is 0. The average molecular weight is 230 g/mol. The van der Waals surface area contributed by atoms with Gasteiger partial charge in [0.25, 0.3) is 0 Å². The highest BCUT2D eigenvalue weighted by Crippen LogP contribution is 2.27. The molecule has 0 aliphatic rings. The van der Waals surface area contributed by atoms with Gasteiger partial charge in [-0.1, -0.05) is 12.1 Å². The van der Waals surface area contributed by atoms with Crippen LogP contribution < -0.4 is 5.73 Å². The Morgan fingerprint density at radius 2 is 2.19 bits per heavy atom. The molecule has 2 heterocycles. The van der Waals surface area contributed by atoms with Gasteiger partial charge in [0.05, 0.1) is 5.69 Å². The Hall–Kier alpha value is -1.88. The minimum absolute atomic E-state index is 0.766. The van der Waals surface area contributed by atoms with Crippen LogP contribution in [0.1, 0.15) is 5.82 Å². The van der Waals surface area contributed by atoms with Crippen LogP contribution in [-0.4, -0.2) is 14.6 Å². The van der Waals surface area contributed by atoms with Gasteiger partial charge in [-0.3, -0.25) is 4.40 Å². The van der Waals surface area contributed by atoms with E-state index in [0.29, 0.717) is 0 Å². The highest BCUT2D eigenvalue weighted by atomic mass is 32.1. The van der Waals surface area contributed by atoms with E-state index in [1.165, 1.54) is 0 Å². The number of benzene rings is 1. The minimum Gasteiger partial charge on any atom is -0.399 e. The molecule has 4 nitrogen and oxygen atoms in total. The van der Waals surface area contributed by atoms with E-state index in [9.17, 15) is 0 Å². The number of hydrogen-bond donors (Lipinski definition) is 1. The lowest BCUT2D eigenvalue weighted by atomic mass is 10.1. The van der Waals surface area contributed by atoms with Crippen LogP contribution in [-0.2, 0) is 0 Å². The molecule has 0 saturated heterocycles. The number of nitrogens with two attached hydrogens (primary N) is 1. The fraction of sp³-hybridized carbons (Fsp3) is 0.0909. The molecule has 2 aromatic heterocycles. The van der Waals surface area contributed by atoms with Gasteiger partial charge in [-0.05, 0) is 19.1 Å². The molecule has 80 valence electrons. The summed E-state index contributed by atoms with van der Waals surface area (Å²) in [6.45, 7) is 1.95. The van der Waals surface area contributed by atoms with E-state index in [4.69, 9.17) is 5.73 Å². The summed E-state index contributed by atoms with van der Waals surface area (Å²) in [5.41, 5.74) is 8.74. The van der Waals surface area contributed by atoms with Crippen molar-refractivity contribution >= 4 is 22.0 Å². The summed E-state index contributed by atoms with van der Waals surface area (Å²) in [4.78, 5) is 0.912. The van der Waals surface area contributed by atoms with E-state index < -0.39 is 0 Å². The van der Waals surface area contributed by atoms with Gasteiger partial charge in [-0.2, -0.15) is 0 Å². The number of thiazole rings is 1. The van der Waals surface area contributed by atoms with Crippen molar-refractivity contribution in [3.8, 4) is 11.3 Å². The van der Waals surface area contributed by atoms with Crippen LogP contribution in [0.15, 0.2) is 29.6 Å². The van der Waals surface area contributed by atoms with Crippen molar-refractivity contribution in [3.05, 3.63) is 35.5 Å². The lowest BCUT2D eigenvalue weighted by Gasteiger charge is -2.01. The third kappa shape index (κ3) is 1.29. The standard InChI is InChI=1S/C11H10N4S/c1-7-13-14-11-15(7)10(6-16-11)8-3-2-4-9(12)5-8/h2-6H,12H2,1H3. The fourth-order valence-corrected chi connectivity index (χ4v) is 2.64. The maximum Gasteiger partial charge on any atom is 0.216 e. The molecule has 0 aliphatic carbocycles. The van der Waals surface area contributed by atoms with E-state index in [1.54, 1.807) is 11.3 Å². The predicted octanol–water partition coefficient (Wildman–Crippen LogP) is 2.35. The Kier molecular flexibility index (Phi) is 1.94. The van der Waals surface area contributed by atoms with Crippen molar-refractivity contribution in [1.29, 1.82) is 0 Å². The number of aromatic nitrogens is 3. The molecule has 0 saturated carbocycles. The third-order valence-corrected chi connectivity index (χ3v) is 3.31. The van der Waals surface area contributed by atoms with E-state index in [2.05, 4.69) is 15.6 Å². The van der Waals surface area contributed by atoms with Gasteiger partial charge in [-0.25, -0.2) is 0 Å². The number of nitrogen functional groups attached to an aromatic ring is 1. The van der Waals surface area contributed by atoms with Crippen LogP contribution in [0.4, 0.5) is 5.69 Å². The highest BCUT2D eigenvalue weighted by molar-refractivity contribution is 7.15. The first-order valence-corrected chi connectivity index (χ1v) is 5.79. The van der Waals surface area contributed by atoms with E-state index in [1.807, 2.05) is 35.6 Å². The zero-order valence-corrected chi connectivity index (χ0v) is 9.53. The first-order chi connectivity index (χ1) is 7.75. The number of nitrogens with zero attached hydrogens (tertiary/aromatic N) is 3. The predicted molar refractivity (Wildman–Crippen MR) is 65.4 cm³/mol. The molecule has 3 rings (SSSR count). The molecule has 0 atom stereocenters. The number of anilines is 1. The first kappa shape index (κ1) is 9.35.